The third-order valence-corrected chi connectivity index (χ3v) is 3.68. The monoisotopic (exact) mass is 328 g/mol. The summed E-state index contributed by atoms with van der Waals surface area (Å²) < 4.78 is 37.8. The number of nitrogens with zero attached hydrogens (tertiary/aromatic N) is 2. The first-order chi connectivity index (χ1) is 10.3. The van der Waals surface area contributed by atoms with Gasteiger partial charge in [0.15, 0.2) is 0 Å². The smallest absolute Gasteiger partial charge is 0.327 e. The van der Waals surface area contributed by atoms with E-state index in [-0.39, 0.29) is 5.56 Å². The normalized spacial score (nSPS) is 11.7. The number of thiazole rings is 1. The lowest BCUT2D eigenvalue weighted by molar-refractivity contribution is -0.143. The largest absolute Gasteiger partial charge is 0.406 e. The number of benzene rings is 1. The molecule has 0 bridgehead atoms. The molecule has 1 heterocycles. The van der Waals surface area contributed by atoms with Crippen molar-refractivity contribution in [3.63, 3.8) is 0 Å². The van der Waals surface area contributed by atoms with E-state index in [9.17, 15) is 18.0 Å². The molecule has 0 unspecified atom stereocenters. The van der Waals surface area contributed by atoms with Crippen molar-refractivity contribution in [2.45, 2.75) is 26.1 Å². The van der Waals surface area contributed by atoms with Gasteiger partial charge in [-0.15, -0.1) is 11.3 Å². The molecule has 3 nitrogen and oxygen atoms in total. The molecule has 0 radical (unpaired) electrons. The topological polar surface area (TPSA) is 33.2 Å². The van der Waals surface area contributed by atoms with Crippen LogP contribution in [0.15, 0.2) is 35.2 Å². The van der Waals surface area contributed by atoms with Crippen LogP contribution in [-0.2, 0) is 0 Å². The van der Waals surface area contributed by atoms with Crippen molar-refractivity contribution in [3.05, 3.63) is 40.7 Å². The van der Waals surface area contributed by atoms with Crippen LogP contribution in [-0.4, -0.2) is 34.6 Å². The minimum Gasteiger partial charge on any atom is -0.327 e. The molecule has 1 aromatic heterocycles. The maximum Gasteiger partial charge on any atom is 0.406 e. The zero-order valence-electron chi connectivity index (χ0n) is 12.1. The second-order valence-corrected chi connectivity index (χ2v) is 5.81. The Hall–Kier alpha value is -1.89. The number of alkyl halides is 3. The quantitative estimate of drug-likeness (QED) is 0.842. The predicted molar refractivity (Wildman–Crippen MR) is 79.8 cm³/mol. The van der Waals surface area contributed by atoms with Gasteiger partial charge < -0.3 is 4.90 Å². The van der Waals surface area contributed by atoms with Gasteiger partial charge in [-0.2, -0.15) is 13.2 Å². The molecule has 2 rings (SSSR count). The van der Waals surface area contributed by atoms with Crippen molar-refractivity contribution >= 4 is 17.2 Å². The molecule has 22 heavy (non-hydrogen) atoms. The minimum atomic E-state index is -4.42. The number of amides is 1. The highest BCUT2D eigenvalue weighted by Crippen LogP contribution is 2.22. The van der Waals surface area contributed by atoms with Crippen LogP contribution in [0.25, 0.3) is 11.3 Å². The van der Waals surface area contributed by atoms with Gasteiger partial charge in [0.2, 0.25) is 0 Å². The molecule has 1 amide bonds. The Morgan fingerprint density at radius 1 is 1.27 bits per heavy atom. The maximum atomic E-state index is 12.6. The number of carbonyl (C=O) groups is 1. The third-order valence-electron chi connectivity index (χ3n) is 3.09. The van der Waals surface area contributed by atoms with Gasteiger partial charge in [-0.1, -0.05) is 12.1 Å². The molecule has 7 heteroatoms. The average molecular weight is 328 g/mol. The van der Waals surface area contributed by atoms with Crippen LogP contribution in [0, 0.1) is 0 Å². The van der Waals surface area contributed by atoms with Gasteiger partial charge in [0.05, 0.1) is 11.2 Å². The Labute approximate surface area is 130 Å². The number of hydrogen-bond acceptors (Lipinski definition) is 3. The average Bonchev–Trinajstić information content (AvgIpc) is 2.97. The summed E-state index contributed by atoms with van der Waals surface area (Å²) in [5.74, 6) is -0.628. The van der Waals surface area contributed by atoms with E-state index < -0.39 is 24.7 Å². The fourth-order valence-electron chi connectivity index (χ4n) is 1.99. The van der Waals surface area contributed by atoms with Crippen LogP contribution >= 0.6 is 11.3 Å². The van der Waals surface area contributed by atoms with Gasteiger partial charge in [-0.05, 0) is 26.0 Å². The van der Waals surface area contributed by atoms with Crippen LogP contribution in [0.5, 0.6) is 0 Å². The van der Waals surface area contributed by atoms with Gasteiger partial charge in [0, 0.05) is 22.5 Å². The van der Waals surface area contributed by atoms with Gasteiger partial charge in [0.25, 0.3) is 5.91 Å². The maximum absolute atomic E-state index is 12.6. The lowest BCUT2D eigenvalue weighted by Crippen LogP contribution is -2.43. The molecule has 0 spiro atoms. The first-order valence-corrected chi connectivity index (χ1v) is 7.58. The van der Waals surface area contributed by atoms with E-state index in [0.29, 0.717) is 0 Å². The summed E-state index contributed by atoms with van der Waals surface area (Å²) in [5, 5.41) is 1.86. The zero-order chi connectivity index (χ0) is 16.3. The summed E-state index contributed by atoms with van der Waals surface area (Å²) >= 11 is 1.45. The first-order valence-electron chi connectivity index (χ1n) is 6.64. The Bertz CT molecular complexity index is 621. The fraction of sp³-hybridized carbons (Fsp3) is 0.333. The molecular weight excluding hydrogens is 313 g/mol. The predicted octanol–water partition coefficient (Wildman–Crippen LogP) is 4.22. The molecule has 0 atom stereocenters. The van der Waals surface area contributed by atoms with Crippen molar-refractivity contribution in [2.24, 2.45) is 0 Å². The van der Waals surface area contributed by atoms with E-state index in [2.05, 4.69) is 4.98 Å². The van der Waals surface area contributed by atoms with Crippen LogP contribution in [0.1, 0.15) is 24.2 Å². The summed E-state index contributed by atoms with van der Waals surface area (Å²) in [6, 6.07) is 5.90. The highest BCUT2D eigenvalue weighted by Gasteiger charge is 2.34. The lowest BCUT2D eigenvalue weighted by atomic mass is 10.1. The van der Waals surface area contributed by atoms with Crippen LogP contribution < -0.4 is 0 Å². The lowest BCUT2D eigenvalue weighted by Gasteiger charge is -2.27. The van der Waals surface area contributed by atoms with Crippen LogP contribution in [0.2, 0.25) is 0 Å². The zero-order valence-corrected chi connectivity index (χ0v) is 12.9. The molecule has 0 aliphatic carbocycles. The molecule has 0 aliphatic rings. The molecule has 118 valence electrons. The Kier molecular flexibility index (Phi) is 4.85. The van der Waals surface area contributed by atoms with E-state index in [1.54, 1.807) is 31.5 Å². The van der Waals surface area contributed by atoms with E-state index in [0.717, 1.165) is 16.2 Å². The summed E-state index contributed by atoms with van der Waals surface area (Å²) in [6.45, 7) is 1.87. The standard InChI is InChI=1S/C15H15F3N2OS/c1-10(2)20(8-15(16,17)18)14(21)12-5-3-11(4-6-12)13-7-22-9-19-13/h3-7,9-10H,8H2,1-2H3. The van der Waals surface area contributed by atoms with Crippen molar-refractivity contribution in [1.82, 2.24) is 9.88 Å². The summed E-state index contributed by atoms with van der Waals surface area (Å²) in [6.07, 6.45) is -4.42. The SMILES string of the molecule is CC(C)N(CC(F)(F)F)C(=O)c1ccc(-c2cscn2)cc1. The Morgan fingerprint density at radius 3 is 2.36 bits per heavy atom. The molecule has 2 aromatic rings. The molecular formula is C15H15F3N2OS. The first kappa shape index (κ1) is 16.5. The molecule has 0 saturated heterocycles. The van der Waals surface area contributed by atoms with E-state index in [1.165, 1.54) is 23.5 Å². The summed E-state index contributed by atoms with van der Waals surface area (Å²) in [5.41, 5.74) is 3.53. The van der Waals surface area contributed by atoms with Gasteiger partial charge >= 0.3 is 6.18 Å². The van der Waals surface area contributed by atoms with Gasteiger partial charge in [-0.3, -0.25) is 4.79 Å². The van der Waals surface area contributed by atoms with E-state index in [1.807, 2.05) is 5.38 Å². The molecule has 0 N–H and O–H groups in total. The summed E-state index contributed by atoms with van der Waals surface area (Å²) in [4.78, 5) is 17.2. The van der Waals surface area contributed by atoms with E-state index in [4.69, 9.17) is 0 Å². The Balaban J connectivity index is 2.20. The highest BCUT2D eigenvalue weighted by molar-refractivity contribution is 7.07. The number of aromatic nitrogens is 1. The van der Waals surface area contributed by atoms with Crippen molar-refractivity contribution < 1.29 is 18.0 Å². The molecule has 1 aromatic carbocycles. The number of rotatable bonds is 4. The van der Waals surface area contributed by atoms with E-state index >= 15 is 0 Å². The third kappa shape index (κ3) is 4.07. The van der Waals surface area contributed by atoms with Crippen molar-refractivity contribution in [1.29, 1.82) is 0 Å². The second kappa shape index (κ2) is 6.48. The fourth-order valence-corrected chi connectivity index (χ4v) is 2.55. The van der Waals surface area contributed by atoms with Gasteiger partial charge in [-0.25, -0.2) is 4.98 Å². The number of hydrogen-bond donors (Lipinski definition) is 0. The van der Waals surface area contributed by atoms with Crippen molar-refractivity contribution in [2.75, 3.05) is 6.54 Å². The van der Waals surface area contributed by atoms with Crippen molar-refractivity contribution in [3.8, 4) is 11.3 Å². The summed E-state index contributed by atoms with van der Waals surface area (Å²) in [7, 11) is 0. The molecule has 0 saturated carbocycles. The number of halogens is 3. The van der Waals surface area contributed by atoms with Crippen LogP contribution in [0.4, 0.5) is 13.2 Å². The number of carbonyl (C=O) groups excluding carboxylic acids is 1. The van der Waals surface area contributed by atoms with Gasteiger partial charge in [0.1, 0.15) is 6.54 Å². The minimum absolute atomic E-state index is 0.233. The highest BCUT2D eigenvalue weighted by atomic mass is 32.1. The molecule has 0 fully saturated rings. The second-order valence-electron chi connectivity index (χ2n) is 5.09. The molecule has 0 aliphatic heterocycles. The Morgan fingerprint density at radius 2 is 1.91 bits per heavy atom. The van der Waals surface area contributed by atoms with Crippen LogP contribution in [0.3, 0.4) is 0 Å².